The molecule has 0 bridgehead atoms. The minimum Gasteiger partial charge on any atom is -0.368 e. The predicted molar refractivity (Wildman–Crippen MR) is 54.8 cm³/mol. The molecule has 76 valence electrons. The first-order chi connectivity index (χ1) is 6.35. The van der Waals surface area contributed by atoms with E-state index in [-0.39, 0.29) is 5.56 Å². The molecule has 0 spiro atoms. The molecule has 3 nitrogen and oxygen atoms in total. The third-order valence-corrected chi connectivity index (χ3v) is 2.50. The van der Waals surface area contributed by atoms with Gasteiger partial charge in [-0.25, -0.2) is 4.39 Å². The van der Waals surface area contributed by atoms with Gasteiger partial charge in [-0.15, -0.1) is 0 Å². The van der Waals surface area contributed by atoms with E-state index in [1.807, 2.05) is 0 Å². The van der Waals surface area contributed by atoms with Gasteiger partial charge in [-0.1, -0.05) is 22.0 Å². The summed E-state index contributed by atoms with van der Waals surface area (Å²) in [5, 5.41) is 0. The molecule has 0 aliphatic carbocycles. The van der Waals surface area contributed by atoms with Crippen LogP contribution in [0.2, 0.25) is 0 Å². The molecule has 4 N–H and O–H groups in total. The Morgan fingerprint density at radius 1 is 1.57 bits per heavy atom. The van der Waals surface area contributed by atoms with Gasteiger partial charge in [-0.05, 0) is 19.1 Å². The minimum atomic E-state index is -1.48. The quantitative estimate of drug-likeness (QED) is 0.841. The van der Waals surface area contributed by atoms with Gasteiger partial charge >= 0.3 is 0 Å². The minimum absolute atomic E-state index is 0.0909. The first-order valence-electron chi connectivity index (χ1n) is 3.90. The highest BCUT2D eigenvalue weighted by Crippen LogP contribution is 2.23. The molecule has 1 aromatic rings. The second-order valence-corrected chi connectivity index (χ2v) is 4.11. The van der Waals surface area contributed by atoms with E-state index in [2.05, 4.69) is 15.9 Å². The molecule has 5 heteroatoms. The number of halogens is 2. The number of carbonyl (C=O) groups is 1. The van der Waals surface area contributed by atoms with Gasteiger partial charge in [0.15, 0.2) is 0 Å². The van der Waals surface area contributed by atoms with Gasteiger partial charge in [-0.3, -0.25) is 4.79 Å². The van der Waals surface area contributed by atoms with Crippen molar-refractivity contribution in [3.8, 4) is 0 Å². The van der Waals surface area contributed by atoms with Crippen LogP contribution in [-0.4, -0.2) is 5.91 Å². The van der Waals surface area contributed by atoms with Crippen molar-refractivity contribution in [2.75, 3.05) is 0 Å². The maximum absolute atomic E-state index is 13.4. The average molecular weight is 261 g/mol. The summed E-state index contributed by atoms with van der Waals surface area (Å²) in [6.07, 6.45) is 0. The van der Waals surface area contributed by atoms with Crippen LogP contribution in [0.1, 0.15) is 12.5 Å². The summed E-state index contributed by atoms with van der Waals surface area (Å²) < 4.78 is 14.0. The van der Waals surface area contributed by atoms with Crippen molar-refractivity contribution >= 4 is 21.8 Å². The largest absolute Gasteiger partial charge is 0.368 e. The fraction of sp³-hybridized carbons (Fsp3) is 0.222. The van der Waals surface area contributed by atoms with Crippen LogP contribution >= 0.6 is 15.9 Å². The van der Waals surface area contributed by atoms with Crippen LogP contribution in [-0.2, 0) is 10.3 Å². The summed E-state index contributed by atoms with van der Waals surface area (Å²) in [5.41, 5.74) is 9.28. The Kier molecular flexibility index (Phi) is 2.92. The summed E-state index contributed by atoms with van der Waals surface area (Å²) in [6, 6.07) is 4.28. The van der Waals surface area contributed by atoms with Gasteiger partial charge in [-0.2, -0.15) is 0 Å². The normalized spacial score (nSPS) is 14.9. The number of hydrogen-bond donors (Lipinski definition) is 2. The third kappa shape index (κ3) is 1.93. The van der Waals surface area contributed by atoms with Gasteiger partial charge in [0.25, 0.3) is 0 Å². The van der Waals surface area contributed by atoms with Gasteiger partial charge in [0, 0.05) is 10.0 Å². The molecule has 0 fully saturated rings. The molecule has 1 rings (SSSR count). The van der Waals surface area contributed by atoms with Crippen LogP contribution < -0.4 is 11.5 Å². The van der Waals surface area contributed by atoms with E-state index in [0.29, 0.717) is 4.47 Å². The molecule has 1 aromatic carbocycles. The number of primary amides is 1. The van der Waals surface area contributed by atoms with Gasteiger partial charge in [0.05, 0.1) is 0 Å². The lowest BCUT2D eigenvalue weighted by molar-refractivity contribution is -0.122. The molecule has 0 saturated heterocycles. The maximum atomic E-state index is 13.4. The zero-order valence-electron chi connectivity index (χ0n) is 7.55. The van der Waals surface area contributed by atoms with Crippen LogP contribution in [0.15, 0.2) is 22.7 Å². The van der Waals surface area contributed by atoms with Crippen molar-refractivity contribution < 1.29 is 9.18 Å². The van der Waals surface area contributed by atoms with Crippen molar-refractivity contribution in [3.05, 3.63) is 34.1 Å². The Morgan fingerprint density at radius 3 is 2.57 bits per heavy atom. The molecule has 1 amide bonds. The Balaban J connectivity index is 3.26. The van der Waals surface area contributed by atoms with E-state index in [4.69, 9.17) is 11.5 Å². The lowest BCUT2D eigenvalue weighted by Gasteiger charge is -2.21. The van der Waals surface area contributed by atoms with Gasteiger partial charge < -0.3 is 11.5 Å². The smallest absolute Gasteiger partial charge is 0.241 e. The monoisotopic (exact) mass is 260 g/mol. The van der Waals surface area contributed by atoms with E-state index in [1.54, 1.807) is 6.07 Å². The number of nitrogens with two attached hydrogens (primary N) is 2. The molecule has 0 radical (unpaired) electrons. The van der Waals surface area contributed by atoms with Gasteiger partial charge in [0.1, 0.15) is 11.4 Å². The van der Waals surface area contributed by atoms with Crippen LogP contribution in [0.4, 0.5) is 4.39 Å². The zero-order valence-corrected chi connectivity index (χ0v) is 9.14. The highest BCUT2D eigenvalue weighted by molar-refractivity contribution is 9.10. The average Bonchev–Trinajstić information content (AvgIpc) is 2.02. The van der Waals surface area contributed by atoms with Crippen molar-refractivity contribution in [2.45, 2.75) is 12.5 Å². The predicted octanol–water partition coefficient (Wildman–Crippen LogP) is 1.25. The summed E-state index contributed by atoms with van der Waals surface area (Å²) in [5.74, 6) is -1.32. The van der Waals surface area contributed by atoms with Gasteiger partial charge in [0.2, 0.25) is 5.91 Å². The van der Waals surface area contributed by atoms with Crippen LogP contribution in [0.5, 0.6) is 0 Å². The maximum Gasteiger partial charge on any atom is 0.241 e. The lowest BCUT2D eigenvalue weighted by atomic mass is 9.92. The van der Waals surface area contributed by atoms with Crippen LogP contribution in [0.3, 0.4) is 0 Å². The van der Waals surface area contributed by atoms with E-state index in [1.165, 1.54) is 19.1 Å². The Bertz CT molecular complexity index is 379. The molecule has 0 aromatic heterocycles. The zero-order chi connectivity index (χ0) is 10.9. The molecule has 1 atom stereocenters. The standard InChI is InChI=1S/C9H10BrFN2O/c1-9(13,8(12)14)6-3-2-5(10)4-7(6)11/h2-4H,13H2,1H3,(H2,12,14). The second kappa shape index (κ2) is 3.67. The topological polar surface area (TPSA) is 69.1 Å². The fourth-order valence-electron chi connectivity index (χ4n) is 1.04. The molecule has 0 aliphatic rings. The number of carbonyl (C=O) groups excluding carboxylic acids is 1. The summed E-state index contributed by atoms with van der Waals surface area (Å²) in [6.45, 7) is 1.38. The van der Waals surface area contributed by atoms with Crippen molar-refractivity contribution in [1.82, 2.24) is 0 Å². The molecular formula is C9H10BrFN2O. The third-order valence-electron chi connectivity index (χ3n) is 2.00. The number of hydrogen-bond acceptors (Lipinski definition) is 2. The Hall–Kier alpha value is -0.940. The van der Waals surface area contributed by atoms with E-state index in [0.717, 1.165) is 0 Å². The molecule has 14 heavy (non-hydrogen) atoms. The fourth-order valence-corrected chi connectivity index (χ4v) is 1.38. The summed E-state index contributed by atoms with van der Waals surface area (Å²) >= 11 is 3.10. The second-order valence-electron chi connectivity index (χ2n) is 3.19. The van der Waals surface area contributed by atoms with Crippen molar-refractivity contribution in [2.24, 2.45) is 11.5 Å². The molecule has 0 saturated carbocycles. The van der Waals surface area contributed by atoms with Crippen molar-refractivity contribution in [3.63, 3.8) is 0 Å². The Labute approximate surface area is 89.4 Å². The molecule has 0 heterocycles. The van der Waals surface area contributed by atoms with E-state index >= 15 is 0 Å². The first kappa shape index (κ1) is 11.1. The van der Waals surface area contributed by atoms with Crippen LogP contribution in [0.25, 0.3) is 0 Å². The van der Waals surface area contributed by atoms with Crippen LogP contribution in [0, 0.1) is 5.82 Å². The molecular weight excluding hydrogens is 251 g/mol. The SMILES string of the molecule is CC(N)(C(N)=O)c1ccc(Br)cc1F. The number of amides is 1. The highest BCUT2D eigenvalue weighted by atomic mass is 79.9. The summed E-state index contributed by atoms with van der Waals surface area (Å²) in [4.78, 5) is 11.0. The highest BCUT2D eigenvalue weighted by Gasteiger charge is 2.30. The molecule has 0 aliphatic heterocycles. The summed E-state index contributed by atoms with van der Waals surface area (Å²) in [7, 11) is 0. The van der Waals surface area contributed by atoms with E-state index < -0.39 is 17.3 Å². The first-order valence-corrected chi connectivity index (χ1v) is 4.69. The number of rotatable bonds is 2. The Morgan fingerprint density at radius 2 is 2.14 bits per heavy atom. The van der Waals surface area contributed by atoms with E-state index in [9.17, 15) is 9.18 Å². The number of benzene rings is 1. The molecule has 1 unspecified atom stereocenters. The lowest BCUT2D eigenvalue weighted by Crippen LogP contribution is -2.47. The van der Waals surface area contributed by atoms with Crippen molar-refractivity contribution in [1.29, 1.82) is 0 Å².